The van der Waals surface area contributed by atoms with Crippen LogP contribution >= 0.6 is 10.6 Å². The Morgan fingerprint density at radius 2 is 2.17 bits per heavy atom. The summed E-state index contributed by atoms with van der Waals surface area (Å²) in [6.07, 6.45) is 0.311. The first kappa shape index (κ1) is 8.34. The lowest BCUT2D eigenvalue weighted by Crippen LogP contribution is -2.57. The highest BCUT2D eigenvalue weighted by molar-refractivity contribution is 8.25. The van der Waals surface area contributed by atoms with E-state index in [0.29, 0.717) is 12.2 Å². The molecule has 0 bridgehead atoms. The van der Waals surface area contributed by atoms with Crippen molar-refractivity contribution < 1.29 is 13.9 Å². The molecular formula is C7H13NO3S. The second-order valence-electron chi connectivity index (χ2n) is 4.10. The van der Waals surface area contributed by atoms with Gasteiger partial charge in [0.05, 0.1) is 17.7 Å². The SMILES string of the molecule is CC1(C)CS(O)(O)C2CC(=O)N21. The zero-order chi connectivity index (χ0) is 9.15. The molecule has 2 N–H and O–H groups in total. The van der Waals surface area contributed by atoms with Crippen LogP contribution in [0.5, 0.6) is 0 Å². The van der Waals surface area contributed by atoms with Crippen LogP contribution in [0.2, 0.25) is 0 Å². The minimum atomic E-state index is -2.52. The number of hydrogen-bond donors (Lipinski definition) is 2. The predicted octanol–water partition coefficient (Wildman–Crippen LogP) is 1.09. The Bertz CT molecular complexity index is 251. The van der Waals surface area contributed by atoms with Gasteiger partial charge in [0.1, 0.15) is 5.37 Å². The van der Waals surface area contributed by atoms with Crippen molar-refractivity contribution in [2.75, 3.05) is 5.75 Å². The summed E-state index contributed by atoms with van der Waals surface area (Å²) >= 11 is 0. The predicted molar refractivity (Wildman–Crippen MR) is 47.0 cm³/mol. The fraction of sp³-hybridized carbons (Fsp3) is 0.857. The maximum atomic E-state index is 11.1. The van der Waals surface area contributed by atoms with Gasteiger partial charge in [-0.15, -0.1) is 0 Å². The van der Waals surface area contributed by atoms with Crippen LogP contribution in [0.3, 0.4) is 0 Å². The van der Waals surface area contributed by atoms with E-state index in [9.17, 15) is 13.9 Å². The fourth-order valence-electron chi connectivity index (χ4n) is 2.10. The molecule has 0 radical (unpaired) electrons. The highest BCUT2D eigenvalue weighted by Crippen LogP contribution is 2.61. The van der Waals surface area contributed by atoms with E-state index in [-0.39, 0.29) is 16.8 Å². The number of β-lactam (4-membered cyclic amide) rings is 1. The molecule has 0 aliphatic carbocycles. The van der Waals surface area contributed by atoms with Crippen molar-refractivity contribution in [1.82, 2.24) is 4.90 Å². The summed E-state index contributed by atoms with van der Waals surface area (Å²) in [6, 6.07) is 0. The molecule has 1 amide bonds. The lowest BCUT2D eigenvalue weighted by Gasteiger charge is -2.45. The van der Waals surface area contributed by atoms with Gasteiger partial charge in [-0.05, 0) is 13.8 Å². The highest BCUT2D eigenvalue weighted by atomic mass is 32.3. The van der Waals surface area contributed by atoms with Gasteiger partial charge in [0.2, 0.25) is 5.91 Å². The first-order valence-corrected chi connectivity index (χ1v) is 5.69. The normalized spacial score (nSPS) is 38.8. The Hall–Kier alpha value is -0.260. The van der Waals surface area contributed by atoms with Crippen molar-refractivity contribution in [2.24, 2.45) is 0 Å². The second kappa shape index (κ2) is 1.97. The molecule has 70 valence electrons. The van der Waals surface area contributed by atoms with Gasteiger partial charge in [-0.2, -0.15) is 10.6 Å². The van der Waals surface area contributed by atoms with Gasteiger partial charge in [-0.1, -0.05) is 0 Å². The van der Waals surface area contributed by atoms with E-state index in [0.717, 1.165) is 0 Å². The highest BCUT2D eigenvalue weighted by Gasteiger charge is 2.58. The Morgan fingerprint density at radius 3 is 2.50 bits per heavy atom. The number of amides is 1. The van der Waals surface area contributed by atoms with E-state index >= 15 is 0 Å². The van der Waals surface area contributed by atoms with Crippen LogP contribution in [-0.4, -0.2) is 36.6 Å². The summed E-state index contributed by atoms with van der Waals surface area (Å²) in [6.45, 7) is 3.75. The molecule has 2 rings (SSSR count). The van der Waals surface area contributed by atoms with Crippen LogP contribution in [0.4, 0.5) is 0 Å². The van der Waals surface area contributed by atoms with Crippen molar-refractivity contribution in [3.63, 3.8) is 0 Å². The molecule has 0 aromatic heterocycles. The molecule has 2 aliphatic heterocycles. The van der Waals surface area contributed by atoms with Gasteiger partial charge >= 0.3 is 0 Å². The number of rotatable bonds is 0. The topological polar surface area (TPSA) is 60.8 Å². The summed E-state index contributed by atoms with van der Waals surface area (Å²) in [7, 11) is -2.52. The minimum Gasteiger partial charge on any atom is -0.315 e. The number of carbonyl (C=O) groups excluding carboxylic acids is 1. The molecule has 0 saturated carbocycles. The lowest BCUT2D eigenvalue weighted by atomic mass is 10.0. The van der Waals surface area contributed by atoms with Crippen LogP contribution in [0.15, 0.2) is 0 Å². The molecule has 2 heterocycles. The molecule has 5 heteroatoms. The fourth-order valence-corrected chi connectivity index (χ4v) is 4.62. The molecule has 12 heavy (non-hydrogen) atoms. The minimum absolute atomic E-state index is 0.0440. The molecule has 1 atom stereocenters. The largest absolute Gasteiger partial charge is 0.315 e. The van der Waals surface area contributed by atoms with Crippen molar-refractivity contribution in [1.29, 1.82) is 0 Å². The van der Waals surface area contributed by atoms with Gasteiger partial charge in [-0.25, -0.2) is 0 Å². The van der Waals surface area contributed by atoms with Crippen molar-refractivity contribution in [3.05, 3.63) is 0 Å². The van der Waals surface area contributed by atoms with Crippen LogP contribution < -0.4 is 0 Å². The molecule has 2 aliphatic rings. The van der Waals surface area contributed by atoms with E-state index in [4.69, 9.17) is 0 Å². The van der Waals surface area contributed by atoms with Gasteiger partial charge in [0.25, 0.3) is 0 Å². The summed E-state index contributed by atoms with van der Waals surface area (Å²) in [5.74, 6) is 0.374. The number of nitrogens with zero attached hydrogens (tertiary/aromatic N) is 1. The van der Waals surface area contributed by atoms with Crippen LogP contribution in [0.25, 0.3) is 0 Å². The van der Waals surface area contributed by atoms with Crippen molar-refractivity contribution in [2.45, 2.75) is 31.2 Å². The van der Waals surface area contributed by atoms with E-state index in [2.05, 4.69) is 0 Å². The van der Waals surface area contributed by atoms with E-state index in [1.165, 1.54) is 0 Å². The zero-order valence-corrected chi connectivity index (χ0v) is 7.97. The molecule has 0 aromatic carbocycles. The average molecular weight is 191 g/mol. The first-order chi connectivity index (χ1) is 5.34. The van der Waals surface area contributed by atoms with Crippen LogP contribution in [0.1, 0.15) is 20.3 Å². The summed E-state index contributed by atoms with van der Waals surface area (Å²) in [5.41, 5.74) is -0.362. The molecule has 2 saturated heterocycles. The summed E-state index contributed by atoms with van der Waals surface area (Å²) < 4.78 is 19.2. The molecular weight excluding hydrogens is 178 g/mol. The molecule has 1 unspecified atom stereocenters. The monoisotopic (exact) mass is 191 g/mol. The lowest BCUT2D eigenvalue weighted by molar-refractivity contribution is -0.147. The Morgan fingerprint density at radius 1 is 1.58 bits per heavy atom. The van der Waals surface area contributed by atoms with Gasteiger partial charge in [0.15, 0.2) is 0 Å². The Kier molecular flexibility index (Phi) is 1.37. The maximum Gasteiger partial charge on any atom is 0.228 e. The van der Waals surface area contributed by atoms with Crippen molar-refractivity contribution in [3.8, 4) is 0 Å². The molecule has 2 fully saturated rings. The van der Waals surface area contributed by atoms with Gasteiger partial charge in [-0.3, -0.25) is 13.9 Å². The Balaban J connectivity index is 2.32. The summed E-state index contributed by atoms with van der Waals surface area (Å²) in [4.78, 5) is 12.7. The first-order valence-electron chi connectivity index (χ1n) is 3.91. The summed E-state index contributed by atoms with van der Waals surface area (Å²) in [5, 5.41) is -0.292. The third-order valence-corrected chi connectivity index (χ3v) is 4.94. The van der Waals surface area contributed by atoms with E-state index in [1.54, 1.807) is 4.90 Å². The van der Waals surface area contributed by atoms with Crippen LogP contribution in [-0.2, 0) is 4.79 Å². The standard InChI is InChI=1S/C7H13NO3S/c1-7(2)4-12(10,11)6-3-5(9)8(6)7/h6,10-11H,3-4H2,1-2H3. The van der Waals surface area contributed by atoms with E-state index in [1.807, 2.05) is 13.8 Å². The van der Waals surface area contributed by atoms with Crippen molar-refractivity contribution >= 4 is 16.5 Å². The maximum absolute atomic E-state index is 11.1. The molecule has 0 spiro atoms. The number of fused-ring (bicyclic) bond motifs is 1. The quantitative estimate of drug-likeness (QED) is 0.563. The zero-order valence-electron chi connectivity index (χ0n) is 7.15. The third kappa shape index (κ3) is 0.841. The van der Waals surface area contributed by atoms with Gasteiger partial charge < -0.3 is 4.90 Å². The molecule has 4 nitrogen and oxygen atoms in total. The smallest absolute Gasteiger partial charge is 0.228 e. The van der Waals surface area contributed by atoms with Gasteiger partial charge in [0, 0.05) is 0 Å². The van der Waals surface area contributed by atoms with Crippen LogP contribution in [0, 0.1) is 0 Å². The molecule has 0 aromatic rings. The number of hydrogen-bond acceptors (Lipinski definition) is 3. The third-order valence-electron chi connectivity index (χ3n) is 2.56. The average Bonchev–Trinajstić information content (AvgIpc) is 1.90. The number of carbonyl (C=O) groups is 1. The second-order valence-corrected chi connectivity index (χ2v) is 6.36. The Labute approximate surface area is 72.9 Å². The van der Waals surface area contributed by atoms with E-state index < -0.39 is 10.6 Å².